The lowest BCUT2D eigenvalue weighted by atomic mass is 9.66. The lowest BCUT2D eigenvalue weighted by Gasteiger charge is -2.35. The van der Waals surface area contributed by atoms with Crippen LogP contribution in [0.25, 0.3) is 99.8 Å². The fourth-order valence-electron chi connectivity index (χ4n) is 11.1. The summed E-state index contributed by atoms with van der Waals surface area (Å²) in [5, 5.41) is 4.36. The van der Waals surface area contributed by atoms with Crippen LogP contribution in [0.15, 0.2) is 194 Å². The maximum atomic E-state index is 5.43. The Morgan fingerprint density at radius 2 is 0.783 bits per heavy atom. The number of hydrogen-bond donors (Lipinski definition) is 0. The molecular formula is C63H44N6. The molecule has 0 N–H and O–H groups in total. The van der Waals surface area contributed by atoms with Gasteiger partial charge in [0.1, 0.15) is 0 Å². The van der Waals surface area contributed by atoms with E-state index in [1.165, 1.54) is 33.4 Å². The third-order valence-corrected chi connectivity index (χ3v) is 14.2. The molecule has 6 aromatic carbocycles. The van der Waals surface area contributed by atoms with E-state index >= 15 is 0 Å². The molecule has 0 atom stereocenters. The van der Waals surface area contributed by atoms with E-state index in [2.05, 4.69) is 198 Å². The van der Waals surface area contributed by atoms with Crippen LogP contribution < -0.4 is 0 Å². The van der Waals surface area contributed by atoms with Crippen LogP contribution in [0.5, 0.6) is 0 Å². The Bertz CT molecular complexity index is 3800. The first-order valence-corrected chi connectivity index (χ1v) is 23.5. The molecule has 0 unspecified atom stereocenters. The molecule has 0 radical (unpaired) electrons. The molecule has 1 aliphatic rings. The molecular weight excluding hydrogens is 841 g/mol. The van der Waals surface area contributed by atoms with Crippen LogP contribution >= 0.6 is 0 Å². The van der Waals surface area contributed by atoms with Crippen molar-refractivity contribution in [3.8, 4) is 56.2 Å². The van der Waals surface area contributed by atoms with E-state index < -0.39 is 5.41 Å². The van der Waals surface area contributed by atoms with Gasteiger partial charge >= 0.3 is 0 Å². The molecule has 69 heavy (non-hydrogen) atoms. The zero-order valence-corrected chi connectivity index (χ0v) is 38.7. The molecule has 326 valence electrons. The molecule has 0 spiro atoms. The average Bonchev–Trinajstić information content (AvgIpc) is 3.68. The quantitative estimate of drug-likeness (QED) is 0.155. The summed E-state index contributed by atoms with van der Waals surface area (Å²) in [6, 6.07) is 65.6. The Labute approximate surface area is 400 Å². The van der Waals surface area contributed by atoms with Crippen molar-refractivity contribution in [1.82, 2.24) is 29.9 Å². The molecule has 0 amide bonds. The van der Waals surface area contributed by atoms with Crippen LogP contribution in [0.2, 0.25) is 0 Å². The molecule has 6 heteroatoms. The minimum atomic E-state index is -0.815. The zero-order chi connectivity index (χ0) is 46.4. The minimum absolute atomic E-state index is 0.815. The van der Waals surface area contributed by atoms with Gasteiger partial charge in [0.15, 0.2) is 0 Å². The summed E-state index contributed by atoms with van der Waals surface area (Å²) in [5.41, 5.74) is 21.9. The Morgan fingerprint density at radius 1 is 0.333 bits per heavy atom. The number of rotatable bonds is 6. The van der Waals surface area contributed by atoms with Crippen molar-refractivity contribution < 1.29 is 0 Å². The van der Waals surface area contributed by atoms with Crippen molar-refractivity contribution in [2.45, 2.75) is 33.1 Å². The Morgan fingerprint density at radius 3 is 1.23 bits per heavy atom. The number of fused-ring (bicyclic) bond motifs is 9. The van der Waals surface area contributed by atoms with Gasteiger partial charge in [-0.3, -0.25) is 19.9 Å². The first-order chi connectivity index (χ1) is 33.8. The van der Waals surface area contributed by atoms with Crippen molar-refractivity contribution in [1.29, 1.82) is 0 Å². The van der Waals surface area contributed by atoms with E-state index in [-0.39, 0.29) is 0 Å². The third kappa shape index (κ3) is 6.47. The summed E-state index contributed by atoms with van der Waals surface area (Å²) in [6.07, 6.45) is 3.74. The number of pyridine rings is 6. The molecule has 0 bridgehead atoms. The van der Waals surface area contributed by atoms with E-state index in [9.17, 15) is 0 Å². The van der Waals surface area contributed by atoms with Crippen molar-refractivity contribution in [2.75, 3.05) is 0 Å². The van der Waals surface area contributed by atoms with E-state index in [1.54, 1.807) is 0 Å². The Kier molecular flexibility index (Phi) is 9.21. The molecule has 6 aromatic heterocycles. The first-order valence-electron chi connectivity index (χ1n) is 23.5. The normalized spacial score (nSPS) is 12.8. The van der Waals surface area contributed by atoms with Gasteiger partial charge in [0.2, 0.25) is 0 Å². The van der Waals surface area contributed by atoms with Crippen LogP contribution in [-0.4, -0.2) is 29.9 Å². The summed E-state index contributed by atoms with van der Waals surface area (Å²) in [6.45, 7) is 8.41. The Hall–Kier alpha value is -8.74. The molecule has 13 rings (SSSR count). The molecule has 6 heterocycles. The van der Waals surface area contributed by atoms with E-state index in [1.807, 2.05) is 24.5 Å². The predicted molar refractivity (Wildman–Crippen MR) is 281 cm³/mol. The second kappa shape index (κ2) is 15.7. The molecule has 6 nitrogen and oxygen atoms in total. The van der Waals surface area contributed by atoms with Crippen LogP contribution in [0.4, 0.5) is 0 Å². The summed E-state index contributed by atoms with van der Waals surface area (Å²) < 4.78 is 0. The fourth-order valence-corrected chi connectivity index (χ4v) is 11.1. The smallest absolute Gasteiger partial charge is 0.0972 e. The summed E-state index contributed by atoms with van der Waals surface area (Å²) in [7, 11) is 0. The Balaban J connectivity index is 1.09. The fraction of sp³-hybridized carbons (Fsp3) is 0.0794. The first kappa shape index (κ1) is 40.5. The van der Waals surface area contributed by atoms with Crippen molar-refractivity contribution in [3.05, 3.63) is 239 Å². The highest BCUT2D eigenvalue weighted by Gasteiger charge is 2.47. The van der Waals surface area contributed by atoms with Crippen LogP contribution in [0.3, 0.4) is 0 Å². The lowest BCUT2D eigenvalue weighted by molar-refractivity contribution is 0.769. The van der Waals surface area contributed by atoms with Gasteiger partial charge in [0.05, 0.1) is 50.3 Å². The topological polar surface area (TPSA) is 77.3 Å². The van der Waals surface area contributed by atoms with Gasteiger partial charge in [0, 0.05) is 67.6 Å². The second-order valence-corrected chi connectivity index (χ2v) is 18.5. The highest BCUT2D eigenvalue weighted by Crippen LogP contribution is 2.58. The van der Waals surface area contributed by atoms with Gasteiger partial charge in [-0.15, -0.1) is 0 Å². The predicted octanol–water partition coefficient (Wildman–Crippen LogP) is 14.9. The van der Waals surface area contributed by atoms with Crippen LogP contribution in [0, 0.1) is 27.7 Å². The molecule has 0 saturated heterocycles. The minimum Gasteiger partial charge on any atom is -0.256 e. The van der Waals surface area contributed by atoms with Gasteiger partial charge in [-0.25, -0.2) is 9.97 Å². The SMILES string of the molecule is Cc1cc(C)c2ccc3ccc(-c4cccc(C5(c6cccc(-c7ccc8ccc9c(C)cc(C)nc9c8n7)c6)c6cc(-c7ccccn7)ccc6-c6ccc(-c7ccccn7)cc65)c4)nc3c2n1. The van der Waals surface area contributed by atoms with Crippen molar-refractivity contribution in [2.24, 2.45) is 0 Å². The standard InChI is InChI=1S/C63H44N6/c1-37-31-39(3)66-61-49(37)23-17-41-21-27-57(68-59(41)61)43-11-9-13-47(33-43)63(48-14-10-12-44(34-48)58-28-22-42-18-24-50-38(2)32-40(4)67-62(50)60(42)69-58)53-35-45(55-15-5-7-29-64-55)19-25-51(53)52-26-20-46(36-54(52)63)56-16-6-8-30-65-56/h5-36H,1-4H3. The number of aromatic nitrogens is 6. The van der Waals surface area contributed by atoms with Crippen molar-refractivity contribution in [3.63, 3.8) is 0 Å². The molecule has 0 saturated carbocycles. The van der Waals surface area contributed by atoms with E-state index in [0.29, 0.717) is 0 Å². The number of benzene rings is 6. The maximum Gasteiger partial charge on any atom is 0.0972 e. The summed E-state index contributed by atoms with van der Waals surface area (Å²) >= 11 is 0. The molecule has 12 aromatic rings. The highest BCUT2D eigenvalue weighted by molar-refractivity contribution is 6.06. The highest BCUT2D eigenvalue weighted by atomic mass is 14.8. The van der Waals surface area contributed by atoms with Gasteiger partial charge in [-0.05, 0) is 145 Å². The second-order valence-electron chi connectivity index (χ2n) is 18.5. The van der Waals surface area contributed by atoms with E-state index in [0.717, 1.165) is 111 Å². The lowest BCUT2D eigenvalue weighted by Crippen LogP contribution is -2.29. The molecule has 0 aliphatic heterocycles. The summed E-state index contributed by atoms with van der Waals surface area (Å²) in [5.74, 6) is 0. The van der Waals surface area contributed by atoms with Gasteiger partial charge in [-0.2, -0.15) is 0 Å². The monoisotopic (exact) mass is 884 g/mol. The molecule has 1 aliphatic carbocycles. The van der Waals surface area contributed by atoms with Crippen LogP contribution in [-0.2, 0) is 5.41 Å². The third-order valence-electron chi connectivity index (χ3n) is 14.2. The maximum absolute atomic E-state index is 5.43. The van der Waals surface area contributed by atoms with Crippen molar-refractivity contribution >= 4 is 43.6 Å². The van der Waals surface area contributed by atoms with Gasteiger partial charge in [0.25, 0.3) is 0 Å². The zero-order valence-electron chi connectivity index (χ0n) is 38.7. The number of hydrogen-bond acceptors (Lipinski definition) is 6. The van der Waals surface area contributed by atoms with Gasteiger partial charge < -0.3 is 0 Å². The molecule has 0 fully saturated rings. The number of nitrogens with zero attached hydrogens (tertiary/aromatic N) is 6. The van der Waals surface area contributed by atoms with Gasteiger partial charge in [-0.1, -0.05) is 109 Å². The largest absolute Gasteiger partial charge is 0.256 e. The van der Waals surface area contributed by atoms with Crippen LogP contribution in [0.1, 0.15) is 44.8 Å². The average molecular weight is 885 g/mol. The number of aryl methyl sites for hydroxylation is 4. The summed E-state index contributed by atoms with van der Waals surface area (Å²) in [4.78, 5) is 30.7. The van der Waals surface area contributed by atoms with E-state index in [4.69, 9.17) is 29.9 Å².